The van der Waals surface area contributed by atoms with Gasteiger partial charge >= 0.3 is 0 Å². The van der Waals surface area contributed by atoms with Gasteiger partial charge in [-0.15, -0.1) is 11.8 Å². The molecule has 6 nitrogen and oxygen atoms in total. The maximum absolute atomic E-state index is 10.4. The molecule has 1 saturated heterocycles. The molecular formula is C13H17N3O3S4. The van der Waals surface area contributed by atoms with Crippen LogP contribution < -0.4 is 0 Å². The van der Waals surface area contributed by atoms with E-state index in [1.165, 1.54) is 23.9 Å². The van der Waals surface area contributed by atoms with Crippen LogP contribution in [0.1, 0.15) is 0 Å². The molecule has 0 aromatic rings. The smallest absolute Gasteiger partial charge is 0.211 e. The molecule has 3 atom stereocenters. The molecular weight excluding hydrogens is 374 g/mol. The summed E-state index contributed by atoms with van der Waals surface area (Å²) in [6.07, 6.45) is 4.54. The van der Waals surface area contributed by atoms with E-state index in [9.17, 15) is 14.4 Å². The molecule has 1 aliphatic heterocycles. The van der Waals surface area contributed by atoms with Crippen LogP contribution in [-0.4, -0.2) is 76.0 Å². The maximum atomic E-state index is 10.4. The van der Waals surface area contributed by atoms with E-state index >= 15 is 0 Å². The number of carbonyl (C=O) groups excluding carboxylic acids is 3. The van der Waals surface area contributed by atoms with Crippen molar-refractivity contribution >= 4 is 65.3 Å². The van der Waals surface area contributed by atoms with E-state index in [0.29, 0.717) is 17.0 Å². The zero-order valence-electron chi connectivity index (χ0n) is 12.4. The van der Waals surface area contributed by atoms with Crippen molar-refractivity contribution in [2.45, 2.75) is 15.9 Å². The summed E-state index contributed by atoms with van der Waals surface area (Å²) in [5, 5.41) is 0.789. The van der Waals surface area contributed by atoms with Crippen LogP contribution in [0.2, 0.25) is 0 Å². The van der Waals surface area contributed by atoms with Crippen molar-refractivity contribution in [2.75, 3.05) is 41.9 Å². The monoisotopic (exact) mass is 391 g/mol. The number of nitrogens with zero attached hydrogens (tertiary/aromatic N) is 3. The van der Waals surface area contributed by atoms with E-state index in [-0.39, 0.29) is 11.9 Å². The third-order valence-corrected chi connectivity index (χ3v) is 8.72. The van der Waals surface area contributed by atoms with Crippen LogP contribution in [0.4, 0.5) is 0 Å². The molecule has 1 fully saturated rings. The van der Waals surface area contributed by atoms with Crippen molar-refractivity contribution in [3.63, 3.8) is 0 Å². The number of isocyanates is 3. The molecule has 0 aromatic carbocycles. The quantitative estimate of drug-likeness (QED) is 0.302. The third-order valence-electron chi connectivity index (χ3n) is 2.73. The number of hydrogen-bond donors (Lipinski definition) is 0. The topological polar surface area (TPSA) is 88.3 Å². The van der Waals surface area contributed by atoms with Gasteiger partial charge in [0.15, 0.2) is 0 Å². The van der Waals surface area contributed by atoms with E-state index in [2.05, 4.69) is 15.0 Å². The van der Waals surface area contributed by atoms with E-state index in [0.717, 1.165) is 28.8 Å². The molecule has 10 heteroatoms. The second-order valence-electron chi connectivity index (χ2n) is 4.40. The van der Waals surface area contributed by atoms with Crippen LogP contribution in [0.5, 0.6) is 0 Å². The first-order chi connectivity index (χ1) is 11.3. The molecule has 3 unspecified atom stereocenters. The fourth-order valence-corrected chi connectivity index (χ4v) is 7.33. The zero-order chi connectivity index (χ0) is 16.8. The van der Waals surface area contributed by atoms with Crippen molar-refractivity contribution in [2.24, 2.45) is 15.0 Å². The van der Waals surface area contributed by atoms with Crippen molar-refractivity contribution in [3.05, 3.63) is 0 Å². The summed E-state index contributed by atoms with van der Waals surface area (Å²) in [5.74, 6) is 4.95. The molecule has 0 aromatic heterocycles. The Bertz CT molecular complexity index is 481. The van der Waals surface area contributed by atoms with Crippen molar-refractivity contribution in [3.8, 4) is 0 Å². The maximum Gasteiger partial charge on any atom is 0.236 e. The average Bonchev–Trinajstić information content (AvgIpc) is 2.58. The highest BCUT2D eigenvalue weighted by Gasteiger charge is 2.23. The lowest BCUT2D eigenvalue weighted by molar-refractivity contribution is 0.559. The number of aliphatic imine (C=N–C) groups is 3. The van der Waals surface area contributed by atoms with Gasteiger partial charge in [0.2, 0.25) is 18.2 Å². The zero-order valence-corrected chi connectivity index (χ0v) is 15.6. The number of thioether (sulfide) groups is 4. The Morgan fingerprint density at radius 3 is 2.30 bits per heavy atom. The van der Waals surface area contributed by atoms with Gasteiger partial charge in [-0.3, -0.25) is 0 Å². The first-order valence-corrected chi connectivity index (χ1v) is 11.2. The molecule has 0 spiro atoms. The van der Waals surface area contributed by atoms with Crippen molar-refractivity contribution in [1.82, 2.24) is 0 Å². The lowest BCUT2D eigenvalue weighted by Crippen LogP contribution is -2.25. The van der Waals surface area contributed by atoms with E-state index in [1.54, 1.807) is 6.08 Å². The Kier molecular flexibility index (Phi) is 12.5. The predicted molar refractivity (Wildman–Crippen MR) is 100 cm³/mol. The summed E-state index contributed by atoms with van der Waals surface area (Å²) in [6, 6.07) is 0. The first kappa shape index (κ1) is 20.6. The van der Waals surface area contributed by atoms with E-state index in [4.69, 9.17) is 0 Å². The number of rotatable bonds is 11. The van der Waals surface area contributed by atoms with Gasteiger partial charge in [0, 0.05) is 39.3 Å². The molecule has 0 bridgehead atoms. The van der Waals surface area contributed by atoms with Gasteiger partial charge in [-0.1, -0.05) is 0 Å². The highest BCUT2D eigenvalue weighted by molar-refractivity contribution is 8.09. The van der Waals surface area contributed by atoms with Crippen LogP contribution >= 0.6 is 47.0 Å². The lowest BCUT2D eigenvalue weighted by Gasteiger charge is -2.27. The van der Waals surface area contributed by atoms with Crippen LogP contribution in [0.15, 0.2) is 15.0 Å². The normalized spacial score (nSPS) is 21.4. The summed E-state index contributed by atoms with van der Waals surface area (Å²) in [7, 11) is 0. The van der Waals surface area contributed by atoms with Gasteiger partial charge in [-0.25, -0.2) is 24.4 Å². The first-order valence-electron chi connectivity index (χ1n) is 6.87. The van der Waals surface area contributed by atoms with Gasteiger partial charge in [0.05, 0.1) is 13.1 Å². The van der Waals surface area contributed by atoms with Crippen LogP contribution in [0, 0.1) is 0 Å². The standard InChI is InChI=1S/C13H17N3O3S4/c17-8-14-1-2-20-4-11-5-22-12(6-21-11)7-23-13(16-10-19)3-15-9-18/h11-13H,1-7H2. The molecule has 126 valence electrons. The minimum absolute atomic E-state index is 0.177. The largest absolute Gasteiger partial charge is 0.236 e. The minimum Gasteiger partial charge on any atom is -0.211 e. The molecule has 1 rings (SSSR count). The van der Waals surface area contributed by atoms with Crippen molar-refractivity contribution < 1.29 is 14.4 Å². The molecule has 0 saturated carbocycles. The van der Waals surface area contributed by atoms with Gasteiger partial charge in [0.25, 0.3) is 0 Å². The van der Waals surface area contributed by atoms with Gasteiger partial charge in [-0.05, 0) is 0 Å². The van der Waals surface area contributed by atoms with Crippen molar-refractivity contribution in [1.29, 1.82) is 0 Å². The van der Waals surface area contributed by atoms with Crippen LogP contribution in [0.25, 0.3) is 0 Å². The lowest BCUT2D eigenvalue weighted by atomic mass is 10.5. The van der Waals surface area contributed by atoms with Crippen LogP contribution in [0.3, 0.4) is 0 Å². The molecule has 1 aliphatic rings. The SMILES string of the molecule is O=C=NCCSCC1CSC(CSC(CN=C=O)N=C=O)CS1. The summed E-state index contributed by atoms with van der Waals surface area (Å²) in [6.45, 7) is 0.719. The highest BCUT2D eigenvalue weighted by Crippen LogP contribution is 2.34. The second-order valence-corrected chi connectivity index (χ2v) is 9.43. The Morgan fingerprint density at radius 1 is 1.00 bits per heavy atom. The average molecular weight is 392 g/mol. The minimum atomic E-state index is -0.341. The fourth-order valence-electron chi connectivity index (χ4n) is 1.67. The molecule has 0 amide bonds. The van der Waals surface area contributed by atoms with Gasteiger partial charge in [-0.2, -0.15) is 40.3 Å². The highest BCUT2D eigenvalue weighted by atomic mass is 32.2. The molecule has 0 radical (unpaired) electrons. The Morgan fingerprint density at radius 2 is 1.70 bits per heavy atom. The summed E-state index contributed by atoms with van der Waals surface area (Å²) in [5.41, 5.74) is 0. The van der Waals surface area contributed by atoms with Crippen LogP contribution in [-0.2, 0) is 14.4 Å². The van der Waals surface area contributed by atoms with E-state index in [1.807, 2.05) is 35.3 Å². The Hall–Kier alpha value is -0.460. The summed E-state index contributed by atoms with van der Waals surface area (Å²) >= 11 is 7.24. The predicted octanol–water partition coefficient (Wildman–Crippen LogP) is 2.00. The second kappa shape index (κ2) is 13.9. The van der Waals surface area contributed by atoms with Gasteiger partial charge in [0.1, 0.15) is 5.37 Å². The molecule has 1 heterocycles. The third kappa shape index (κ3) is 10.1. The molecule has 0 aliphatic carbocycles. The summed E-state index contributed by atoms with van der Waals surface area (Å²) < 4.78 is 0. The Labute approximate surface area is 152 Å². The Balaban J connectivity index is 2.18. The van der Waals surface area contributed by atoms with Gasteiger partial charge < -0.3 is 0 Å². The molecule has 0 N–H and O–H groups in total. The summed E-state index contributed by atoms with van der Waals surface area (Å²) in [4.78, 5) is 41.1. The molecule has 23 heavy (non-hydrogen) atoms. The fraction of sp³-hybridized carbons (Fsp3) is 0.769. The number of hydrogen-bond acceptors (Lipinski definition) is 10. The van der Waals surface area contributed by atoms with E-state index < -0.39 is 0 Å².